The van der Waals surface area contributed by atoms with E-state index in [1.165, 1.54) is 23.9 Å². The number of ether oxygens (including phenoxy) is 1. The normalized spacial score (nSPS) is 20.6. The van der Waals surface area contributed by atoms with Gasteiger partial charge >= 0.3 is 6.09 Å². The largest absolute Gasteiger partial charge is 0.444 e. The molecule has 1 atom stereocenters. The Labute approximate surface area is 167 Å². The van der Waals surface area contributed by atoms with E-state index in [1.54, 1.807) is 17.2 Å². The molecule has 1 aromatic carbocycles. The third kappa shape index (κ3) is 3.92. The van der Waals surface area contributed by atoms with Crippen LogP contribution in [0.4, 0.5) is 9.18 Å². The zero-order chi connectivity index (χ0) is 19.7. The van der Waals surface area contributed by atoms with Crippen molar-refractivity contribution in [3.05, 3.63) is 36.3 Å². The molecular weight excluding hydrogens is 381 g/mol. The minimum atomic E-state index is -0.314. The van der Waals surface area contributed by atoms with Gasteiger partial charge in [-0.05, 0) is 44.0 Å². The van der Waals surface area contributed by atoms with Crippen LogP contribution in [0.3, 0.4) is 0 Å². The van der Waals surface area contributed by atoms with Crippen LogP contribution in [0.25, 0.3) is 10.9 Å². The summed E-state index contributed by atoms with van der Waals surface area (Å²) >= 11 is 1.40. The second-order valence-corrected chi connectivity index (χ2v) is 8.24. The van der Waals surface area contributed by atoms with Crippen molar-refractivity contribution in [1.82, 2.24) is 14.8 Å². The van der Waals surface area contributed by atoms with Crippen LogP contribution in [0.15, 0.2) is 35.4 Å². The first-order chi connectivity index (χ1) is 13.5. The highest BCUT2D eigenvalue weighted by Gasteiger charge is 2.36. The predicted octanol–water partition coefficient (Wildman–Crippen LogP) is 3.30. The number of thioether (sulfide) groups is 1. The summed E-state index contributed by atoms with van der Waals surface area (Å²) in [6.07, 6.45) is 2.89. The van der Waals surface area contributed by atoms with Crippen LogP contribution >= 0.6 is 11.8 Å². The van der Waals surface area contributed by atoms with Gasteiger partial charge in [0, 0.05) is 35.6 Å². The molecule has 4 rings (SSSR count). The van der Waals surface area contributed by atoms with E-state index in [-0.39, 0.29) is 30.0 Å². The third-order valence-corrected chi connectivity index (χ3v) is 6.32. The Morgan fingerprint density at radius 1 is 1.32 bits per heavy atom. The number of halogens is 1. The number of rotatable bonds is 4. The van der Waals surface area contributed by atoms with Gasteiger partial charge in [-0.25, -0.2) is 9.18 Å². The number of amides is 2. The van der Waals surface area contributed by atoms with E-state index in [4.69, 9.17) is 4.74 Å². The van der Waals surface area contributed by atoms with Crippen LogP contribution in [0.5, 0.6) is 0 Å². The second-order valence-electron chi connectivity index (χ2n) is 7.22. The van der Waals surface area contributed by atoms with Gasteiger partial charge in [-0.1, -0.05) is 0 Å². The minimum absolute atomic E-state index is 0.0576. The summed E-state index contributed by atoms with van der Waals surface area (Å²) in [5, 5.41) is 0.723. The van der Waals surface area contributed by atoms with E-state index in [0.29, 0.717) is 30.9 Å². The third-order valence-electron chi connectivity index (χ3n) is 5.26. The summed E-state index contributed by atoms with van der Waals surface area (Å²) in [5.41, 5.74) is 0.714. The van der Waals surface area contributed by atoms with Gasteiger partial charge in [0.2, 0.25) is 5.91 Å². The number of carbonyl (C=O) groups excluding carboxylic acids is 2. The first kappa shape index (κ1) is 19.0. The Hall–Kier alpha value is -2.35. The van der Waals surface area contributed by atoms with E-state index in [9.17, 15) is 14.0 Å². The van der Waals surface area contributed by atoms with Crippen molar-refractivity contribution in [2.24, 2.45) is 0 Å². The maximum atomic E-state index is 13.6. The molecule has 0 bridgehead atoms. The molecule has 2 amide bonds. The molecule has 8 heteroatoms. The van der Waals surface area contributed by atoms with Crippen LogP contribution in [0, 0.1) is 5.82 Å². The fourth-order valence-electron chi connectivity index (χ4n) is 3.80. The molecule has 28 heavy (non-hydrogen) atoms. The van der Waals surface area contributed by atoms with Gasteiger partial charge in [-0.15, -0.1) is 11.8 Å². The molecule has 0 saturated carbocycles. The maximum Gasteiger partial charge on any atom is 0.410 e. The number of aromatic nitrogens is 1. The molecule has 6 nitrogen and oxygen atoms in total. The summed E-state index contributed by atoms with van der Waals surface area (Å²) < 4.78 is 18.8. The Morgan fingerprint density at radius 2 is 2.11 bits per heavy atom. The molecule has 2 fully saturated rings. The SMILES string of the molecule is CC1CN(C2CCN(C(=O)CSc3ccnc4ccc(F)cc34)CC2)C(=O)O1. The molecule has 2 aromatic rings. The maximum absolute atomic E-state index is 13.6. The number of fused-ring (bicyclic) bond motifs is 1. The first-order valence-electron chi connectivity index (χ1n) is 9.43. The van der Waals surface area contributed by atoms with Crippen LogP contribution in [0.2, 0.25) is 0 Å². The number of hydrogen-bond donors (Lipinski definition) is 0. The summed E-state index contributed by atoms with van der Waals surface area (Å²) in [6, 6.07) is 6.44. The summed E-state index contributed by atoms with van der Waals surface area (Å²) in [7, 11) is 0. The van der Waals surface area contributed by atoms with E-state index in [2.05, 4.69) is 4.98 Å². The number of nitrogens with zero attached hydrogens (tertiary/aromatic N) is 3. The molecule has 2 aliphatic rings. The number of carbonyl (C=O) groups is 2. The number of hydrogen-bond acceptors (Lipinski definition) is 5. The standard InChI is InChI=1S/C20H22FN3O3S/c1-13-11-24(20(26)27-13)15-5-8-23(9-6-15)19(25)12-28-18-4-7-22-17-3-2-14(21)10-16(17)18/h2-4,7,10,13,15H,5-6,8-9,11-12H2,1H3. The Balaban J connectivity index is 1.33. The predicted molar refractivity (Wildman–Crippen MR) is 105 cm³/mol. The Kier molecular flexibility index (Phi) is 5.39. The fourth-order valence-corrected chi connectivity index (χ4v) is 4.74. The van der Waals surface area contributed by atoms with Crippen molar-refractivity contribution >= 4 is 34.7 Å². The van der Waals surface area contributed by atoms with E-state index in [1.807, 2.05) is 17.9 Å². The number of likely N-dealkylation sites (tertiary alicyclic amines) is 1. The summed E-state index contributed by atoms with van der Waals surface area (Å²) in [4.78, 5) is 33.2. The molecule has 0 N–H and O–H groups in total. The number of pyridine rings is 1. The number of benzene rings is 1. The lowest BCUT2D eigenvalue weighted by molar-refractivity contribution is -0.129. The van der Waals surface area contributed by atoms with Crippen LogP contribution in [-0.2, 0) is 9.53 Å². The lowest BCUT2D eigenvalue weighted by atomic mass is 10.0. The average Bonchev–Trinajstić information content (AvgIpc) is 3.04. The summed E-state index contributed by atoms with van der Waals surface area (Å²) in [6.45, 7) is 3.78. The average molecular weight is 403 g/mol. The second kappa shape index (κ2) is 7.95. The van der Waals surface area contributed by atoms with Crippen LogP contribution in [0.1, 0.15) is 19.8 Å². The van der Waals surface area contributed by atoms with Crippen molar-refractivity contribution in [3.63, 3.8) is 0 Å². The van der Waals surface area contributed by atoms with Gasteiger partial charge in [0.1, 0.15) is 11.9 Å². The molecule has 0 spiro atoms. The molecular formula is C20H22FN3O3S. The fraction of sp³-hybridized carbons (Fsp3) is 0.450. The topological polar surface area (TPSA) is 62.7 Å². The lowest BCUT2D eigenvalue weighted by Gasteiger charge is -2.35. The van der Waals surface area contributed by atoms with E-state index >= 15 is 0 Å². The molecule has 0 radical (unpaired) electrons. The van der Waals surface area contributed by atoms with Crippen molar-refractivity contribution in [1.29, 1.82) is 0 Å². The van der Waals surface area contributed by atoms with Crippen molar-refractivity contribution < 1.29 is 18.7 Å². The van der Waals surface area contributed by atoms with Crippen molar-refractivity contribution in [2.75, 3.05) is 25.4 Å². The van der Waals surface area contributed by atoms with E-state index < -0.39 is 0 Å². The zero-order valence-corrected chi connectivity index (χ0v) is 16.5. The molecule has 2 aliphatic heterocycles. The number of piperidine rings is 1. The smallest absolute Gasteiger partial charge is 0.410 e. The highest BCUT2D eigenvalue weighted by atomic mass is 32.2. The van der Waals surface area contributed by atoms with Gasteiger partial charge in [0.25, 0.3) is 0 Å². The molecule has 148 valence electrons. The van der Waals surface area contributed by atoms with Crippen molar-refractivity contribution in [2.45, 2.75) is 36.8 Å². The van der Waals surface area contributed by atoms with E-state index in [0.717, 1.165) is 23.1 Å². The highest BCUT2D eigenvalue weighted by molar-refractivity contribution is 8.00. The van der Waals surface area contributed by atoms with Gasteiger partial charge in [0.05, 0.1) is 17.8 Å². The molecule has 2 saturated heterocycles. The minimum Gasteiger partial charge on any atom is -0.444 e. The van der Waals surface area contributed by atoms with Crippen LogP contribution < -0.4 is 0 Å². The van der Waals surface area contributed by atoms with Gasteiger partial charge < -0.3 is 14.5 Å². The molecule has 3 heterocycles. The first-order valence-corrected chi connectivity index (χ1v) is 10.4. The quantitative estimate of drug-likeness (QED) is 0.733. The summed E-state index contributed by atoms with van der Waals surface area (Å²) in [5.74, 6) is 0.0380. The highest BCUT2D eigenvalue weighted by Crippen LogP contribution is 2.28. The van der Waals surface area contributed by atoms with Crippen LogP contribution in [-0.4, -0.2) is 64.3 Å². The van der Waals surface area contributed by atoms with Gasteiger partial charge in [-0.3, -0.25) is 9.78 Å². The van der Waals surface area contributed by atoms with Gasteiger partial charge in [0.15, 0.2) is 0 Å². The number of cyclic esters (lactones) is 1. The molecule has 0 aliphatic carbocycles. The lowest BCUT2D eigenvalue weighted by Crippen LogP contribution is -2.47. The zero-order valence-electron chi connectivity index (χ0n) is 15.6. The van der Waals surface area contributed by atoms with Gasteiger partial charge in [-0.2, -0.15) is 0 Å². The Bertz CT molecular complexity index is 901. The Morgan fingerprint density at radius 3 is 2.82 bits per heavy atom. The van der Waals surface area contributed by atoms with Crippen molar-refractivity contribution in [3.8, 4) is 0 Å². The molecule has 1 unspecified atom stereocenters. The monoisotopic (exact) mass is 403 g/mol. The molecule has 1 aromatic heterocycles.